The largest absolute Gasteiger partial charge is 0.494 e. The van der Waals surface area contributed by atoms with Gasteiger partial charge in [-0.05, 0) is 36.5 Å². The van der Waals surface area contributed by atoms with Gasteiger partial charge in [0.15, 0.2) is 0 Å². The molecule has 0 saturated carbocycles. The molecule has 0 amide bonds. The standard InChI is InChI=1S/C17H27NO3/c1-6-16(2,3)13-7-9-14(10-8-13)21-12-11-17(4,18)15(19)20-5/h7-10H,6,11-12,18H2,1-5H3. The Morgan fingerprint density at radius 2 is 1.76 bits per heavy atom. The minimum Gasteiger partial charge on any atom is -0.494 e. The SMILES string of the molecule is CCC(C)(C)c1ccc(OCCC(C)(N)C(=O)OC)cc1. The molecule has 0 bridgehead atoms. The normalized spacial score (nSPS) is 14.4. The Morgan fingerprint density at radius 3 is 2.24 bits per heavy atom. The fourth-order valence-electron chi connectivity index (χ4n) is 1.92. The van der Waals surface area contributed by atoms with Gasteiger partial charge in [-0.25, -0.2) is 0 Å². The molecule has 0 saturated heterocycles. The van der Waals surface area contributed by atoms with Crippen molar-refractivity contribution in [1.29, 1.82) is 0 Å². The maximum absolute atomic E-state index is 11.5. The van der Waals surface area contributed by atoms with Crippen LogP contribution in [-0.4, -0.2) is 25.2 Å². The Morgan fingerprint density at radius 1 is 1.19 bits per heavy atom. The quantitative estimate of drug-likeness (QED) is 0.785. The van der Waals surface area contributed by atoms with Crippen molar-refractivity contribution in [3.05, 3.63) is 29.8 Å². The first kappa shape index (κ1) is 17.5. The van der Waals surface area contributed by atoms with Gasteiger partial charge < -0.3 is 15.2 Å². The second-order valence-electron chi connectivity index (χ2n) is 6.27. The summed E-state index contributed by atoms with van der Waals surface area (Å²) in [6.45, 7) is 8.64. The molecule has 0 heterocycles. The van der Waals surface area contributed by atoms with Gasteiger partial charge in [-0.2, -0.15) is 0 Å². The first-order chi connectivity index (χ1) is 9.73. The van der Waals surface area contributed by atoms with Crippen LogP contribution in [0.25, 0.3) is 0 Å². The minimum atomic E-state index is -1.01. The van der Waals surface area contributed by atoms with Crippen LogP contribution >= 0.6 is 0 Å². The van der Waals surface area contributed by atoms with Crippen molar-refractivity contribution in [3.8, 4) is 5.75 Å². The Labute approximate surface area is 127 Å². The molecule has 0 aliphatic carbocycles. The Hall–Kier alpha value is -1.55. The summed E-state index contributed by atoms with van der Waals surface area (Å²) in [6.07, 6.45) is 1.49. The van der Waals surface area contributed by atoms with Crippen molar-refractivity contribution in [2.24, 2.45) is 5.73 Å². The predicted molar refractivity (Wildman–Crippen MR) is 84.5 cm³/mol. The van der Waals surface area contributed by atoms with Crippen LogP contribution in [0.1, 0.15) is 46.1 Å². The van der Waals surface area contributed by atoms with Gasteiger partial charge in [0.25, 0.3) is 0 Å². The number of benzene rings is 1. The molecule has 0 spiro atoms. The van der Waals surface area contributed by atoms with E-state index in [2.05, 4.69) is 37.6 Å². The van der Waals surface area contributed by atoms with Gasteiger partial charge in [0.1, 0.15) is 11.3 Å². The van der Waals surface area contributed by atoms with Crippen molar-refractivity contribution >= 4 is 5.97 Å². The zero-order valence-corrected chi connectivity index (χ0v) is 13.7. The van der Waals surface area contributed by atoms with Crippen LogP contribution in [0, 0.1) is 0 Å². The van der Waals surface area contributed by atoms with E-state index in [-0.39, 0.29) is 5.41 Å². The highest BCUT2D eigenvalue weighted by atomic mass is 16.5. The molecule has 1 unspecified atom stereocenters. The monoisotopic (exact) mass is 293 g/mol. The number of esters is 1. The van der Waals surface area contributed by atoms with E-state index in [0.29, 0.717) is 13.0 Å². The third kappa shape index (κ3) is 4.74. The number of nitrogens with two attached hydrogens (primary N) is 1. The third-order valence-corrected chi connectivity index (χ3v) is 4.06. The fourth-order valence-corrected chi connectivity index (χ4v) is 1.92. The second-order valence-corrected chi connectivity index (χ2v) is 6.27. The summed E-state index contributed by atoms with van der Waals surface area (Å²) < 4.78 is 10.3. The molecule has 1 aromatic rings. The maximum Gasteiger partial charge on any atom is 0.325 e. The number of methoxy groups -OCH3 is 1. The van der Waals surface area contributed by atoms with E-state index in [1.165, 1.54) is 12.7 Å². The van der Waals surface area contributed by atoms with E-state index in [9.17, 15) is 4.79 Å². The molecule has 0 fully saturated rings. The van der Waals surface area contributed by atoms with E-state index in [4.69, 9.17) is 10.5 Å². The molecule has 118 valence electrons. The summed E-state index contributed by atoms with van der Waals surface area (Å²) in [5.74, 6) is 0.359. The third-order valence-electron chi connectivity index (χ3n) is 4.06. The first-order valence-corrected chi connectivity index (χ1v) is 7.33. The lowest BCUT2D eigenvalue weighted by molar-refractivity contribution is -0.146. The Bertz CT molecular complexity index is 463. The molecule has 1 rings (SSSR count). The first-order valence-electron chi connectivity index (χ1n) is 7.33. The molecule has 1 aromatic carbocycles. The highest BCUT2D eigenvalue weighted by Gasteiger charge is 2.29. The van der Waals surface area contributed by atoms with Crippen LogP contribution < -0.4 is 10.5 Å². The Kier molecular flexibility index (Phi) is 5.78. The lowest BCUT2D eigenvalue weighted by atomic mass is 9.82. The van der Waals surface area contributed by atoms with E-state index >= 15 is 0 Å². The number of carbonyl (C=O) groups is 1. The van der Waals surface area contributed by atoms with E-state index in [1.54, 1.807) is 6.92 Å². The zero-order chi connectivity index (χ0) is 16.1. The molecule has 0 aliphatic heterocycles. The second kappa shape index (κ2) is 6.94. The van der Waals surface area contributed by atoms with E-state index in [1.807, 2.05) is 12.1 Å². The molecule has 4 nitrogen and oxygen atoms in total. The minimum absolute atomic E-state index is 0.166. The van der Waals surface area contributed by atoms with E-state index in [0.717, 1.165) is 12.2 Å². The number of carbonyl (C=O) groups excluding carboxylic acids is 1. The van der Waals surface area contributed by atoms with Crippen molar-refractivity contribution in [1.82, 2.24) is 0 Å². The summed E-state index contributed by atoms with van der Waals surface area (Å²) in [6, 6.07) is 8.08. The fraction of sp³-hybridized carbons (Fsp3) is 0.588. The molecular formula is C17H27NO3. The van der Waals surface area contributed by atoms with E-state index < -0.39 is 11.5 Å². The molecule has 0 aromatic heterocycles. The molecule has 2 N–H and O–H groups in total. The van der Waals surface area contributed by atoms with Crippen molar-refractivity contribution in [3.63, 3.8) is 0 Å². The summed E-state index contributed by atoms with van der Waals surface area (Å²) >= 11 is 0. The predicted octanol–water partition coefficient (Wildman–Crippen LogP) is 3.03. The number of rotatable bonds is 7. The van der Waals surface area contributed by atoms with Gasteiger partial charge in [0, 0.05) is 6.42 Å². The van der Waals surface area contributed by atoms with Gasteiger partial charge in [-0.1, -0.05) is 32.9 Å². The summed E-state index contributed by atoms with van der Waals surface area (Å²) in [5.41, 5.74) is 6.32. The average Bonchev–Trinajstić information content (AvgIpc) is 2.46. The lowest BCUT2D eigenvalue weighted by Gasteiger charge is -2.24. The van der Waals surface area contributed by atoms with Crippen LogP contribution in [0.15, 0.2) is 24.3 Å². The number of hydrogen-bond acceptors (Lipinski definition) is 4. The molecule has 4 heteroatoms. The van der Waals surface area contributed by atoms with Crippen molar-refractivity contribution < 1.29 is 14.3 Å². The van der Waals surface area contributed by atoms with Gasteiger partial charge in [0.05, 0.1) is 13.7 Å². The van der Waals surface area contributed by atoms with Crippen molar-refractivity contribution in [2.75, 3.05) is 13.7 Å². The van der Waals surface area contributed by atoms with Crippen LogP contribution in [0.4, 0.5) is 0 Å². The molecule has 1 atom stereocenters. The average molecular weight is 293 g/mol. The van der Waals surface area contributed by atoms with Gasteiger partial charge in [-0.15, -0.1) is 0 Å². The molecule has 21 heavy (non-hydrogen) atoms. The molecule has 0 radical (unpaired) electrons. The van der Waals surface area contributed by atoms with Gasteiger partial charge in [0.2, 0.25) is 0 Å². The highest BCUT2D eigenvalue weighted by Crippen LogP contribution is 2.28. The Balaban J connectivity index is 2.56. The summed E-state index contributed by atoms with van der Waals surface area (Å²) in [4.78, 5) is 11.5. The van der Waals surface area contributed by atoms with Crippen LogP contribution in [0.3, 0.4) is 0 Å². The number of ether oxygens (including phenoxy) is 2. The van der Waals surface area contributed by atoms with Crippen LogP contribution in [0.5, 0.6) is 5.75 Å². The summed E-state index contributed by atoms with van der Waals surface area (Å²) in [5, 5.41) is 0. The zero-order valence-electron chi connectivity index (χ0n) is 13.7. The highest BCUT2D eigenvalue weighted by molar-refractivity contribution is 5.79. The topological polar surface area (TPSA) is 61.5 Å². The molecule has 0 aliphatic rings. The summed E-state index contributed by atoms with van der Waals surface area (Å²) in [7, 11) is 1.34. The maximum atomic E-state index is 11.5. The lowest BCUT2D eigenvalue weighted by Crippen LogP contribution is -2.46. The molecular weight excluding hydrogens is 266 g/mol. The van der Waals surface area contributed by atoms with Crippen LogP contribution in [-0.2, 0) is 14.9 Å². The van der Waals surface area contributed by atoms with Gasteiger partial charge >= 0.3 is 5.97 Å². The smallest absolute Gasteiger partial charge is 0.325 e. The van der Waals surface area contributed by atoms with Crippen molar-refractivity contribution in [2.45, 2.75) is 51.5 Å². The van der Waals surface area contributed by atoms with Gasteiger partial charge in [-0.3, -0.25) is 4.79 Å². The van der Waals surface area contributed by atoms with Crippen LogP contribution in [0.2, 0.25) is 0 Å². The number of hydrogen-bond donors (Lipinski definition) is 1.